The number of aliphatic imine (C=N–C) groups is 1. The van der Waals surface area contributed by atoms with Crippen molar-refractivity contribution in [1.29, 1.82) is 0 Å². The van der Waals surface area contributed by atoms with E-state index in [1.807, 2.05) is 11.8 Å². The number of thioether (sulfide) groups is 1. The van der Waals surface area contributed by atoms with Crippen LogP contribution in [0.1, 0.15) is 31.9 Å². The van der Waals surface area contributed by atoms with Crippen LogP contribution >= 0.6 is 11.8 Å². The summed E-state index contributed by atoms with van der Waals surface area (Å²) in [5, 5.41) is 7.62. The first-order valence-electron chi connectivity index (χ1n) is 9.46. The Morgan fingerprint density at radius 3 is 2.85 bits per heavy atom. The van der Waals surface area contributed by atoms with E-state index >= 15 is 0 Å². The first kappa shape index (κ1) is 19.7. The van der Waals surface area contributed by atoms with Gasteiger partial charge in [-0.1, -0.05) is 0 Å². The van der Waals surface area contributed by atoms with Crippen molar-refractivity contribution in [3.63, 3.8) is 0 Å². The van der Waals surface area contributed by atoms with Crippen LogP contribution in [0, 0.1) is 5.82 Å². The first-order valence-corrected chi connectivity index (χ1v) is 10.7. The Balaban J connectivity index is 1.53. The van der Waals surface area contributed by atoms with Crippen LogP contribution in [0.2, 0.25) is 0 Å². The van der Waals surface area contributed by atoms with Crippen LogP contribution in [0.4, 0.5) is 4.39 Å². The highest BCUT2D eigenvalue weighted by Gasteiger charge is 2.24. The number of nitrogens with zero attached hydrogens (tertiary/aromatic N) is 2. The molecule has 2 atom stereocenters. The molecule has 1 aromatic carbocycles. The SMILES string of the molecule is CCNC(=NCCc1coc(-c2ccc(F)cc2)n1)NC1CCC(SC)C1. The van der Waals surface area contributed by atoms with E-state index in [0.717, 1.165) is 29.0 Å². The van der Waals surface area contributed by atoms with Gasteiger partial charge in [0.15, 0.2) is 5.96 Å². The maximum absolute atomic E-state index is 13.0. The Morgan fingerprint density at radius 1 is 1.33 bits per heavy atom. The van der Waals surface area contributed by atoms with E-state index in [1.165, 1.54) is 31.4 Å². The summed E-state index contributed by atoms with van der Waals surface area (Å²) in [6, 6.07) is 6.64. The van der Waals surface area contributed by atoms with Crippen molar-refractivity contribution >= 4 is 17.7 Å². The molecule has 1 aromatic heterocycles. The van der Waals surface area contributed by atoms with Crippen molar-refractivity contribution in [3.05, 3.63) is 42.0 Å². The molecule has 0 spiro atoms. The highest BCUT2D eigenvalue weighted by atomic mass is 32.2. The maximum atomic E-state index is 13.0. The van der Waals surface area contributed by atoms with Crippen molar-refractivity contribution in [1.82, 2.24) is 15.6 Å². The summed E-state index contributed by atoms with van der Waals surface area (Å²) in [6.45, 7) is 3.54. The van der Waals surface area contributed by atoms with E-state index in [0.29, 0.717) is 24.9 Å². The van der Waals surface area contributed by atoms with Gasteiger partial charge in [0, 0.05) is 36.4 Å². The molecule has 0 amide bonds. The average Bonchev–Trinajstić information content (AvgIpc) is 3.32. The van der Waals surface area contributed by atoms with Gasteiger partial charge in [0.2, 0.25) is 5.89 Å². The molecule has 7 heteroatoms. The van der Waals surface area contributed by atoms with Gasteiger partial charge in [-0.05, 0) is 56.7 Å². The van der Waals surface area contributed by atoms with Gasteiger partial charge in [0.25, 0.3) is 0 Å². The third kappa shape index (κ3) is 5.73. The summed E-state index contributed by atoms with van der Waals surface area (Å²) >= 11 is 1.95. The van der Waals surface area contributed by atoms with Gasteiger partial charge in [-0.3, -0.25) is 4.99 Å². The monoisotopic (exact) mass is 390 g/mol. The number of guanidine groups is 1. The minimum atomic E-state index is -0.269. The molecule has 0 radical (unpaired) electrons. The molecular weight excluding hydrogens is 363 g/mol. The van der Waals surface area contributed by atoms with E-state index in [9.17, 15) is 4.39 Å². The van der Waals surface area contributed by atoms with Crippen LogP contribution in [-0.4, -0.2) is 41.6 Å². The predicted molar refractivity (Wildman–Crippen MR) is 110 cm³/mol. The quantitative estimate of drug-likeness (QED) is 0.555. The average molecular weight is 391 g/mol. The van der Waals surface area contributed by atoms with Gasteiger partial charge in [-0.25, -0.2) is 9.37 Å². The van der Waals surface area contributed by atoms with Crippen LogP contribution in [-0.2, 0) is 6.42 Å². The number of hydrogen-bond acceptors (Lipinski definition) is 4. The molecule has 2 N–H and O–H groups in total. The minimum Gasteiger partial charge on any atom is -0.444 e. The Labute approximate surface area is 164 Å². The summed E-state index contributed by atoms with van der Waals surface area (Å²) in [4.78, 5) is 9.15. The molecule has 27 heavy (non-hydrogen) atoms. The predicted octanol–water partition coefficient (Wildman–Crippen LogP) is 3.86. The molecule has 0 saturated heterocycles. The molecule has 5 nitrogen and oxygen atoms in total. The Morgan fingerprint density at radius 2 is 2.15 bits per heavy atom. The second-order valence-corrected chi connectivity index (χ2v) is 7.81. The lowest BCUT2D eigenvalue weighted by Gasteiger charge is -2.17. The molecule has 3 rings (SSSR count). The molecule has 1 saturated carbocycles. The summed E-state index contributed by atoms with van der Waals surface area (Å²) in [5.41, 5.74) is 1.61. The van der Waals surface area contributed by atoms with Crippen molar-refractivity contribution in [2.45, 2.75) is 43.9 Å². The third-order valence-electron chi connectivity index (χ3n) is 4.68. The number of benzene rings is 1. The van der Waals surface area contributed by atoms with Gasteiger partial charge >= 0.3 is 0 Å². The van der Waals surface area contributed by atoms with Crippen LogP contribution in [0.15, 0.2) is 39.9 Å². The number of oxazole rings is 1. The lowest BCUT2D eigenvalue weighted by molar-refractivity contribution is 0.572. The molecule has 2 aromatic rings. The lowest BCUT2D eigenvalue weighted by Crippen LogP contribution is -2.42. The zero-order valence-electron chi connectivity index (χ0n) is 15.9. The second-order valence-electron chi connectivity index (χ2n) is 6.67. The van der Waals surface area contributed by atoms with E-state index < -0.39 is 0 Å². The topological polar surface area (TPSA) is 62.5 Å². The number of aromatic nitrogens is 1. The number of hydrogen-bond donors (Lipinski definition) is 2. The Kier molecular flexibility index (Phi) is 7.15. The van der Waals surface area contributed by atoms with Crippen LogP contribution in [0.5, 0.6) is 0 Å². The molecule has 0 bridgehead atoms. The van der Waals surface area contributed by atoms with Crippen molar-refractivity contribution in [2.75, 3.05) is 19.3 Å². The molecule has 2 unspecified atom stereocenters. The van der Waals surface area contributed by atoms with Gasteiger partial charge in [0.1, 0.15) is 12.1 Å². The van der Waals surface area contributed by atoms with E-state index in [-0.39, 0.29) is 5.82 Å². The normalized spacial score (nSPS) is 20.0. The largest absolute Gasteiger partial charge is 0.444 e. The highest BCUT2D eigenvalue weighted by molar-refractivity contribution is 7.99. The Hall–Kier alpha value is -2.02. The molecule has 0 aliphatic heterocycles. The van der Waals surface area contributed by atoms with E-state index in [4.69, 9.17) is 4.42 Å². The zero-order valence-corrected chi connectivity index (χ0v) is 16.7. The molecule has 146 valence electrons. The third-order valence-corrected chi connectivity index (χ3v) is 5.78. The van der Waals surface area contributed by atoms with Crippen molar-refractivity contribution in [3.8, 4) is 11.5 Å². The molecule has 1 aliphatic rings. The highest BCUT2D eigenvalue weighted by Crippen LogP contribution is 2.28. The fraction of sp³-hybridized carbons (Fsp3) is 0.500. The Bertz CT molecular complexity index is 747. The van der Waals surface area contributed by atoms with Gasteiger partial charge in [-0.15, -0.1) is 0 Å². The lowest BCUT2D eigenvalue weighted by atomic mass is 10.2. The second kappa shape index (κ2) is 9.78. The fourth-order valence-electron chi connectivity index (χ4n) is 3.23. The van der Waals surface area contributed by atoms with E-state index in [2.05, 4.69) is 33.8 Å². The summed E-state index contributed by atoms with van der Waals surface area (Å²) < 4.78 is 18.5. The standard InChI is InChI=1S/C20H27FN4OS/c1-3-22-20(25-16-8-9-18(12-16)27-2)23-11-10-17-13-26-19(24-17)14-4-6-15(21)7-5-14/h4-7,13,16,18H,3,8-12H2,1-2H3,(H2,22,23,25). The van der Waals surface area contributed by atoms with Crippen LogP contribution < -0.4 is 10.6 Å². The number of nitrogens with one attached hydrogen (secondary N) is 2. The van der Waals surface area contributed by atoms with Crippen LogP contribution in [0.25, 0.3) is 11.5 Å². The first-order chi connectivity index (χ1) is 13.2. The number of rotatable bonds is 7. The van der Waals surface area contributed by atoms with E-state index in [1.54, 1.807) is 18.4 Å². The fourth-order valence-corrected chi connectivity index (χ4v) is 4.02. The zero-order chi connectivity index (χ0) is 19.1. The van der Waals surface area contributed by atoms with Gasteiger partial charge < -0.3 is 15.1 Å². The van der Waals surface area contributed by atoms with Crippen LogP contribution in [0.3, 0.4) is 0 Å². The molecule has 1 heterocycles. The van der Waals surface area contributed by atoms with Crippen molar-refractivity contribution < 1.29 is 8.81 Å². The molecular formula is C20H27FN4OS. The summed E-state index contributed by atoms with van der Waals surface area (Å²) in [5.74, 6) is 1.11. The van der Waals surface area contributed by atoms with Gasteiger partial charge in [0.05, 0.1) is 5.69 Å². The maximum Gasteiger partial charge on any atom is 0.226 e. The van der Waals surface area contributed by atoms with Crippen molar-refractivity contribution in [2.24, 2.45) is 4.99 Å². The summed E-state index contributed by atoms with van der Waals surface area (Å²) in [7, 11) is 0. The molecule has 1 fully saturated rings. The van der Waals surface area contributed by atoms with Gasteiger partial charge in [-0.2, -0.15) is 11.8 Å². The summed E-state index contributed by atoms with van der Waals surface area (Å²) in [6.07, 6.45) is 8.18. The molecule has 1 aliphatic carbocycles. The number of halogens is 1. The minimum absolute atomic E-state index is 0.269. The smallest absolute Gasteiger partial charge is 0.226 e.